The number of nitriles is 1. The normalized spacial score (nSPS) is 27.5. The number of rotatable bonds is 2. The molecular formula is C8H15NOSi. The summed E-state index contributed by atoms with van der Waals surface area (Å²) in [5.41, 5.74) is 0.260. The van der Waals surface area contributed by atoms with E-state index in [1.807, 2.05) is 0 Å². The van der Waals surface area contributed by atoms with Gasteiger partial charge in [0.25, 0.3) is 0 Å². The van der Waals surface area contributed by atoms with Crippen LogP contribution in [0.25, 0.3) is 0 Å². The largest absolute Gasteiger partial charge is 0.419 e. The molecular weight excluding hydrogens is 154 g/mol. The van der Waals surface area contributed by atoms with Crippen LogP contribution in [0.1, 0.15) is 26.2 Å². The van der Waals surface area contributed by atoms with Crippen LogP contribution in [0, 0.1) is 11.3 Å². The van der Waals surface area contributed by atoms with Crippen LogP contribution in [0.2, 0.25) is 11.6 Å². The molecule has 0 bridgehead atoms. The Labute approximate surface area is 69.9 Å². The van der Waals surface area contributed by atoms with Crippen molar-refractivity contribution in [2.45, 2.75) is 37.8 Å². The zero-order valence-electron chi connectivity index (χ0n) is 7.05. The van der Waals surface area contributed by atoms with Crippen LogP contribution < -0.4 is 0 Å². The molecule has 2 atom stereocenters. The highest BCUT2D eigenvalue weighted by Gasteiger charge is 2.24. The molecule has 1 saturated heterocycles. The molecule has 0 aliphatic carbocycles. The average molecular weight is 169 g/mol. The summed E-state index contributed by atoms with van der Waals surface area (Å²) in [6, 6.07) is 3.57. The van der Waals surface area contributed by atoms with E-state index in [1.165, 1.54) is 18.9 Å². The molecule has 0 aromatic carbocycles. The van der Waals surface area contributed by atoms with Gasteiger partial charge in [0.15, 0.2) is 9.04 Å². The summed E-state index contributed by atoms with van der Waals surface area (Å²) in [4.78, 5) is 0. The third kappa shape index (κ3) is 2.32. The maximum Gasteiger partial charge on any atom is 0.193 e. The summed E-state index contributed by atoms with van der Waals surface area (Å²) in [6.45, 7) is 2.99. The van der Waals surface area contributed by atoms with Gasteiger partial charge in [-0.25, -0.2) is 0 Å². The Morgan fingerprint density at radius 2 is 2.45 bits per heavy atom. The summed E-state index contributed by atoms with van der Waals surface area (Å²) in [6.07, 6.45) is 3.47. The first kappa shape index (κ1) is 8.76. The molecule has 1 heterocycles. The molecule has 62 valence electrons. The van der Waals surface area contributed by atoms with Gasteiger partial charge in [-0.2, -0.15) is 5.26 Å². The van der Waals surface area contributed by atoms with E-state index < -0.39 is 9.04 Å². The van der Waals surface area contributed by atoms with E-state index in [9.17, 15) is 0 Å². The summed E-state index contributed by atoms with van der Waals surface area (Å²) >= 11 is 0. The molecule has 0 aromatic rings. The van der Waals surface area contributed by atoms with Crippen molar-refractivity contribution in [1.29, 1.82) is 5.26 Å². The number of hydrogen-bond acceptors (Lipinski definition) is 2. The summed E-state index contributed by atoms with van der Waals surface area (Å²) in [5.74, 6) is 0. The fourth-order valence-corrected chi connectivity index (χ4v) is 4.17. The molecule has 1 rings (SSSR count). The molecule has 1 fully saturated rings. The Morgan fingerprint density at radius 3 is 2.91 bits per heavy atom. The van der Waals surface area contributed by atoms with Gasteiger partial charge < -0.3 is 4.43 Å². The van der Waals surface area contributed by atoms with Crippen LogP contribution in [-0.2, 0) is 4.43 Å². The Hall–Kier alpha value is -0.333. The van der Waals surface area contributed by atoms with Gasteiger partial charge in [0.2, 0.25) is 0 Å². The molecule has 0 radical (unpaired) electrons. The van der Waals surface area contributed by atoms with Gasteiger partial charge in [-0.3, -0.25) is 0 Å². The molecule has 11 heavy (non-hydrogen) atoms. The van der Waals surface area contributed by atoms with Crippen LogP contribution in [0.3, 0.4) is 0 Å². The summed E-state index contributed by atoms with van der Waals surface area (Å²) in [5, 5.41) is 8.78. The van der Waals surface area contributed by atoms with Gasteiger partial charge in [-0.15, -0.1) is 0 Å². The van der Waals surface area contributed by atoms with Gasteiger partial charge in [0, 0.05) is 6.61 Å². The van der Waals surface area contributed by atoms with E-state index in [1.54, 1.807) is 0 Å². The molecule has 0 N–H and O–H groups in total. The standard InChI is InChI=1S/C8H15NOSi/c1-2-8(7-9)11-6-4-3-5-10-11/h8,11H,2-6H2,1H3. The lowest BCUT2D eigenvalue weighted by Gasteiger charge is -2.23. The summed E-state index contributed by atoms with van der Waals surface area (Å²) < 4.78 is 5.64. The molecule has 1 aliphatic heterocycles. The molecule has 0 spiro atoms. The van der Waals surface area contributed by atoms with E-state index in [2.05, 4.69) is 13.0 Å². The van der Waals surface area contributed by atoms with Crippen molar-refractivity contribution in [2.24, 2.45) is 0 Å². The van der Waals surface area contributed by atoms with Crippen LogP contribution >= 0.6 is 0 Å². The van der Waals surface area contributed by atoms with Crippen LogP contribution in [0.4, 0.5) is 0 Å². The maximum absolute atomic E-state index is 8.78. The minimum Gasteiger partial charge on any atom is -0.419 e. The first-order chi connectivity index (χ1) is 5.38. The van der Waals surface area contributed by atoms with Crippen LogP contribution in [0.15, 0.2) is 0 Å². The van der Waals surface area contributed by atoms with Crippen molar-refractivity contribution in [3.63, 3.8) is 0 Å². The van der Waals surface area contributed by atoms with Crippen molar-refractivity contribution in [3.05, 3.63) is 0 Å². The van der Waals surface area contributed by atoms with Crippen LogP contribution in [-0.4, -0.2) is 15.6 Å². The Kier molecular flexibility index (Phi) is 3.60. The van der Waals surface area contributed by atoms with E-state index in [0.29, 0.717) is 0 Å². The molecule has 2 nitrogen and oxygen atoms in total. The van der Waals surface area contributed by atoms with Crippen molar-refractivity contribution in [1.82, 2.24) is 0 Å². The highest BCUT2D eigenvalue weighted by Crippen LogP contribution is 2.23. The van der Waals surface area contributed by atoms with E-state index in [-0.39, 0.29) is 5.54 Å². The van der Waals surface area contributed by atoms with Crippen molar-refractivity contribution in [2.75, 3.05) is 6.61 Å². The molecule has 0 saturated carbocycles. The van der Waals surface area contributed by atoms with Gasteiger partial charge in [-0.05, 0) is 18.9 Å². The second-order valence-corrected chi connectivity index (χ2v) is 5.84. The third-order valence-electron chi connectivity index (χ3n) is 2.27. The highest BCUT2D eigenvalue weighted by molar-refractivity contribution is 6.54. The quantitative estimate of drug-likeness (QED) is 0.591. The maximum atomic E-state index is 8.78. The van der Waals surface area contributed by atoms with Crippen molar-refractivity contribution >= 4 is 9.04 Å². The number of hydrogen-bond donors (Lipinski definition) is 0. The van der Waals surface area contributed by atoms with Gasteiger partial charge >= 0.3 is 0 Å². The highest BCUT2D eigenvalue weighted by atomic mass is 28.3. The Bertz CT molecular complexity index is 149. The monoisotopic (exact) mass is 169 g/mol. The predicted octanol–water partition coefficient (Wildman–Crippen LogP) is 1.82. The van der Waals surface area contributed by atoms with Gasteiger partial charge in [-0.1, -0.05) is 13.3 Å². The molecule has 2 unspecified atom stereocenters. The lowest BCUT2D eigenvalue weighted by molar-refractivity contribution is 0.282. The first-order valence-electron chi connectivity index (χ1n) is 4.39. The smallest absolute Gasteiger partial charge is 0.193 e. The molecule has 0 amide bonds. The topological polar surface area (TPSA) is 33.0 Å². The van der Waals surface area contributed by atoms with Crippen molar-refractivity contribution < 1.29 is 4.43 Å². The second kappa shape index (κ2) is 4.53. The fraction of sp³-hybridized carbons (Fsp3) is 0.875. The molecule has 3 heteroatoms. The lowest BCUT2D eigenvalue weighted by atomic mass is 10.3. The lowest BCUT2D eigenvalue weighted by Crippen LogP contribution is -2.27. The van der Waals surface area contributed by atoms with E-state index in [0.717, 1.165) is 13.0 Å². The SMILES string of the molecule is CCC(C#N)[SiH]1CCCCO1. The first-order valence-corrected chi connectivity index (χ1v) is 6.35. The van der Waals surface area contributed by atoms with Gasteiger partial charge in [0.1, 0.15) is 0 Å². The summed E-state index contributed by atoms with van der Waals surface area (Å²) in [7, 11) is -1.10. The second-order valence-electron chi connectivity index (χ2n) is 3.05. The zero-order valence-corrected chi connectivity index (χ0v) is 8.20. The third-order valence-corrected chi connectivity index (χ3v) is 5.43. The Morgan fingerprint density at radius 1 is 1.64 bits per heavy atom. The molecule has 0 aromatic heterocycles. The molecule has 1 aliphatic rings. The fourth-order valence-electron chi connectivity index (χ4n) is 1.52. The minimum atomic E-state index is -1.10. The zero-order chi connectivity index (χ0) is 8.10. The predicted molar refractivity (Wildman–Crippen MR) is 46.8 cm³/mol. The van der Waals surface area contributed by atoms with E-state index >= 15 is 0 Å². The minimum absolute atomic E-state index is 0.260. The Balaban J connectivity index is 2.38. The van der Waals surface area contributed by atoms with Gasteiger partial charge in [0.05, 0.1) is 11.6 Å². The van der Waals surface area contributed by atoms with Crippen molar-refractivity contribution in [3.8, 4) is 6.07 Å². The average Bonchev–Trinajstić information content (AvgIpc) is 2.09. The van der Waals surface area contributed by atoms with Crippen LogP contribution in [0.5, 0.6) is 0 Å². The number of nitrogens with zero attached hydrogens (tertiary/aromatic N) is 1. The van der Waals surface area contributed by atoms with E-state index in [4.69, 9.17) is 9.69 Å².